The van der Waals surface area contributed by atoms with Gasteiger partial charge in [0.2, 0.25) is 0 Å². The van der Waals surface area contributed by atoms with E-state index in [1.54, 1.807) is 24.4 Å². The Morgan fingerprint density at radius 2 is 1.64 bits per heavy atom. The highest BCUT2D eigenvalue weighted by atomic mass is 32.2. The molecule has 0 fully saturated rings. The zero-order valence-electron chi connectivity index (χ0n) is 18.9. The summed E-state index contributed by atoms with van der Waals surface area (Å²) in [6, 6.07) is 19.1. The van der Waals surface area contributed by atoms with E-state index in [1.807, 2.05) is 42.3 Å². The molecule has 0 saturated carbocycles. The number of anilines is 3. The number of nitrogens with one attached hydrogen (secondary N) is 1. The third kappa shape index (κ3) is 4.71. The van der Waals surface area contributed by atoms with Crippen molar-refractivity contribution in [2.45, 2.75) is 4.90 Å². The number of hydrogen-bond donors (Lipinski definition) is 1. The second kappa shape index (κ2) is 9.31. The van der Waals surface area contributed by atoms with Crippen LogP contribution in [-0.2, 0) is 10.0 Å². The molecule has 0 spiro atoms. The molecule has 0 bridgehead atoms. The Morgan fingerprint density at radius 1 is 0.833 bits per heavy atom. The first-order chi connectivity index (χ1) is 17.3. The molecule has 180 valence electrons. The van der Waals surface area contributed by atoms with Gasteiger partial charge in [-0.1, -0.05) is 24.3 Å². The van der Waals surface area contributed by atoms with Crippen LogP contribution in [0.2, 0.25) is 0 Å². The minimum atomic E-state index is -4.18. The van der Waals surface area contributed by atoms with Gasteiger partial charge in [-0.15, -0.1) is 0 Å². The monoisotopic (exact) mass is 503 g/mol. The molecular formula is C26H19F2N5O2S. The molecule has 0 saturated heterocycles. The van der Waals surface area contributed by atoms with Gasteiger partial charge in [0, 0.05) is 36.8 Å². The summed E-state index contributed by atoms with van der Waals surface area (Å²) in [6.45, 7) is 0. The Morgan fingerprint density at radius 3 is 2.42 bits per heavy atom. The van der Waals surface area contributed by atoms with E-state index in [2.05, 4.69) is 14.7 Å². The van der Waals surface area contributed by atoms with Crippen LogP contribution < -0.4 is 9.62 Å². The minimum Gasteiger partial charge on any atom is -0.328 e. The summed E-state index contributed by atoms with van der Waals surface area (Å²) >= 11 is 0. The minimum absolute atomic E-state index is 0.174. The predicted molar refractivity (Wildman–Crippen MR) is 134 cm³/mol. The molecule has 0 aliphatic rings. The summed E-state index contributed by atoms with van der Waals surface area (Å²) in [4.78, 5) is 15.0. The molecule has 2 heterocycles. The van der Waals surface area contributed by atoms with Crippen LogP contribution in [0, 0.1) is 11.6 Å². The number of aromatic nitrogens is 3. The van der Waals surface area contributed by atoms with Crippen LogP contribution in [0.15, 0.2) is 96.3 Å². The van der Waals surface area contributed by atoms with Crippen molar-refractivity contribution >= 4 is 38.2 Å². The zero-order chi connectivity index (χ0) is 25.3. The van der Waals surface area contributed by atoms with Crippen LogP contribution in [0.1, 0.15) is 0 Å². The fraction of sp³-hybridized carbons (Fsp3) is 0.0385. The Hall–Kier alpha value is -4.44. The molecule has 0 unspecified atom stereocenters. The maximum Gasteiger partial charge on any atom is 0.263 e. The molecule has 0 amide bonds. The molecule has 2 aromatic heterocycles. The number of rotatable bonds is 6. The molecule has 3 aromatic carbocycles. The maximum absolute atomic E-state index is 14.0. The highest BCUT2D eigenvalue weighted by molar-refractivity contribution is 7.92. The van der Waals surface area contributed by atoms with Gasteiger partial charge < -0.3 is 4.90 Å². The van der Waals surface area contributed by atoms with Crippen molar-refractivity contribution in [1.29, 1.82) is 0 Å². The largest absolute Gasteiger partial charge is 0.328 e. The lowest BCUT2D eigenvalue weighted by atomic mass is 10.1. The summed E-state index contributed by atoms with van der Waals surface area (Å²) in [7, 11) is -2.29. The van der Waals surface area contributed by atoms with Gasteiger partial charge >= 0.3 is 0 Å². The van der Waals surface area contributed by atoms with Crippen molar-refractivity contribution in [3.05, 3.63) is 103 Å². The van der Waals surface area contributed by atoms with E-state index in [1.165, 1.54) is 12.3 Å². The van der Waals surface area contributed by atoms with Crippen molar-refractivity contribution in [2.24, 2.45) is 0 Å². The van der Waals surface area contributed by atoms with Crippen LogP contribution in [0.3, 0.4) is 0 Å². The molecule has 10 heteroatoms. The van der Waals surface area contributed by atoms with Crippen molar-refractivity contribution in [3.8, 4) is 11.1 Å². The SMILES string of the molecule is CN(c1ccccc1)c1cnc2ccc(-c3cncc(S(=O)(=O)Nc4ccc(F)cc4F)c3)cc2n1. The van der Waals surface area contributed by atoms with Crippen LogP contribution >= 0.6 is 0 Å². The van der Waals surface area contributed by atoms with Crippen LogP contribution in [0.4, 0.5) is 26.0 Å². The van der Waals surface area contributed by atoms with Gasteiger partial charge in [0.1, 0.15) is 16.5 Å². The number of sulfonamides is 1. The van der Waals surface area contributed by atoms with Gasteiger partial charge in [-0.25, -0.2) is 22.2 Å². The summed E-state index contributed by atoms with van der Waals surface area (Å²) in [5, 5.41) is 0. The molecule has 0 atom stereocenters. The number of fused-ring (bicyclic) bond motifs is 1. The third-order valence-electron chi connectivity index (χ3n) is 5.55. The van der Waals surface area contributed by atoms with Gasteiger partial charge in [0.05, 0.1) is 22.9 Å². The molecule has 0 aliphatic carbocycles. The number of para-hydroxylation sites is 1. The van der Waals surface area contributed by atoms with Gasteiger partial charge in [0.25, 0.3) is 10.0 Å². The number of benzene rings is 3. The summed E-state index contributed by atoms with van der Waals surface area (Å²) in [5.74, 6) is -1.19. The molecule has 0 radical (unpaired) electrons. The fourth-order valence-corrected chi connectivity index (χ4v) is 4.68. The topological polar surface area (TPSA) is 88.1 Å². The average Bonchev–Trinajstić information content (AvgIpc) is 2.90. The fourth-order valence-electron chi connectivity index (χ4n) is 3.63. The van der Waals surface area contributed by atoms with E-state index in [-0.39, 0.29) is 10.6 Å². The summed E-state index contributed by atoms with van der Waals surface area (Å²) in [6.07, 6.45) is 4.36. The van der Waals surface area contributed by atoms with E-state index in [0.717, 1.165) is 24.0 Å². The summed E-state index contributed by atoms with van der Waals surface area (Å²) in [5.41, 5.74) is 3.07. The number of hydrogen-bond acceptors (Lipinski definition) is 6. The normalized spacial score (nSPS) is 11.4. The van der Waals surface area contributed by atoms with Gasteiger partial charge in [-0.3, -0.25) is 14.7 Å². The second-order valence-electron chi connectivity index (χ2n) is 7.97. The van der Waals surface area contributed by atoms with Crippen molar-refractivity contribution < 1.29 is 17.2 Å². The van der Waals surface area contributed by atoms with Crippen LogP contribution in [-0.4, -0.2) is 30.4 Å². The first-order valence-electron chi connectivity index (χ1n) is 10.8. The predicted octanol–water partition coefficient (Wildman–Crippen LogP) is 5.54. The number of halogens is 2. The smallest absolute Gasteiger partial charge is 0.263 e. The number of nitrogens with zero attached hydrogens (tertiary/aromatic N) is 4. The van der Waals surface area contributed by atoms with Crippen molar-refractivity contribution in [1.82, 2.24) is 15.0 Å². The lowest BCUT2D eigenvalue weighted by Gasteiger charge is -2.18. The summed E-state index contributed by atoms with van der Waals surface area (Å²) < 4.78 is 55.0. The molecule has 1 N–H and O–H groups in total. The average molecular weight is 504 g/mol. The Labute approximate surface area is 206 Å². The standard InChI is InChI=1S/C26H19F2N5O2S/c1-33(20-5-3-2-4-6-20)26-16-30-24-9-7-17(12-25(24)31-26)18-11-21(15-29-14-18)36(34,35)32-23-10-8-19(27)13-22(23)28/h2-16,32H,1H3. The highest BCUT2D eigenvalue weighted by Gasteiger charge is 2.18. The van der Waals surface area contributed by atoms with Gasteiger partial charge in [-0.2, -0.15) is 0 Å². The second-order valence-corrected chi connectivity index (χ2v) is 9.65. The van der Waals surface area contributed by atoms with Crippen LogP contribution in [0.5, 0.6) is 0 Å². The molecule has 7 nitrogen and oxygen atoms in total. The Kier molecular flexibility index (Phi) is 6.03. The van der Waals surface area contributed by atoms with E-state index in [4.69, 9.17) is 4.98 Å². The zero-order valence-corrected chi connectivity index (χ0v) is 19.7. The molecular weight excluding hydrogens is 484 g/mol. The van der Waals surface area contributed by atoms with E-state index >= 15 is 0 Å². The lowest BCUT2D eigenvalue weighted by molar-refractivity contribution is 0.582. The maximum atomic E-state index is 14.0. The van der Waals surface area contributed by atoms with E-state index in [0.29, 0.717) is 34.0 Å². The molecule has 36 heavy (non-hydrogen) atoms. The first-order valence-corrected chi connectivity index (χ1v) is 12.3. The highest BCUT2D eigenvalue weighted by Crippen LogP contribution is 2.28. The van der Waals surface area contributed by atoms with Crippen LogP contribution in [0.25, 0.3) is 22.2 Å². The van der Waals surface area contributed by atoms with E-state index < -0.39 is 21.7 Å². The first kappa shape index (κ1) is 23.3. The van der Waals surface area contributed by atoms with E-state index in [9.17, 15) is 17.2 Å². The molecule has 5 aromatic rings. The van der Waals surface area contributed by atoms with Gasteiger partial charge in [0.15, 0.2) is 5.82 Å². The molecule has 0 aliphatic heterocycles. The quantitative estimate of drug-likeness (QED) is 0.327. The Balaban J connectivity index is 1.47. The van der Waals surface area contributed by atoms with Crippen molar-refractivity contribution in [2.75, 3.05) is 16.7 Å². The van der Waals surface area contributed by atoms with Crippen molar-refractivity contribution in [3.63, 3.8) is 0 Å². The number of pyridine rings is 1. The molecule has 5 rings (SSSR count). The third-order valence-corrected chi connectivity index (χ3v) is 6.88. The van der Waals surface area contributed by atoms with Gasteiger partial charge in [-0.05, 0) is 48.0 Å². The lowest BCUT2D eigenvalue weighted by Crippen LogP contribution is -2.14. The Bertz CT molecular complexity index is 1680.